The van der Waals surface area contributed by atoms with E-state index in [9.17, 15) is 0 Å². The van der Waals surface area contributed by atoms with Crippen LogP contribution in [-0.2, 0) is 13.1 Å². The van der Waals surface area contributed by atoms with E-state index in [1.54, 1.807) is 10.9 Å². The molecule has 2 heterocycles. The number of rotatable bonds is 4. The van der Waals surface area contributed by atoms with E-state index in [1.165, 1.54) is 0 Å². The van der Waals surface area contributed by atoms with Crippen molar-refractivity contribution < 1.29 is 4.74 Å². The maximum atomic E-state index is 5.69. The van der Waals surface area contributed by atoms with Crippen molar-refractivity contribution in [1.29, 1.82) is 0 Å². The standard InChI is InChI=1S/C12H16N4O/c1-3-16-8-11(7-14-16)17-12-10(6-13)5-4-9(2)15-12/h4-5,7-8H,3,6,13H2,1-2H3. The fourth-order valence-corrected chi connectivity index (χ4v) is 1.49. The Morgan fingerprint density at radius 1 is 1.41 bits per heavy atom. The number of hydrogen-bond donors (Lipinski definition) is 1. The monoisotopic (exact) mass is 232 g/mol. The van der Waals surface area contributed by atoms with Gasteiger partial charge in [0, 0.05) is 24.3 Å². The molecule has 0 aromatic carbocycles. The zero-order valence-electron chi connectivity index (χ0n) is 10.1. The molecule has 90 valence electrons. The van der Waals surface area contributed by atoms with E-state index >= 15 is 0 Å². The molecule has 0 saturated heterocycles. The predicted molar refractivity (Wildman–Crippen MR) is 64.8 cm³/mol. The Balaban J connectivity index is 2.25. The first kappa shape index (κ1) is 11.6. The fourth-order valence-electron chi connectivity index (χ4n) is 1.49. The van der Waals surface area contributed by atoms with E-state index in [0.717, 1.165) is 17.8 Å². The molecule has 2 rings (SSSR count). The van der Waals surface area contributed by atoms with Crippen molar-refractivity contribution in [3.05, 3.63) is 35.8 Å². The molecule has 0 radical (unpaired) electrons. The number of aromatic nitrogens is 3. The molecule has 0 unspecified atom stereocenters. The Kier molecular flexibility index (Phi) is 3.39. The van der Waals surface area contributed by atoms with Crippen molar-refractivity contribution >= 4 is 0 Å². The van der Waals surface area contributed by atoms with E-state index in [2.05, 4.69) is 10.1 Å². The van der Waals surface area contributed by atoms with Crippen LogP contribution in [0.4, 0.5) is 0 Å². The summed E-state index contributed by atoms with van der Waals surface area (Å²) in [6.07, 6.45) is 3.51. The van der Waals surface area contributed by atoms with Gasteiger partial charge in [-0.2, -0.15) is 5.10 Å². The van der Waals surface area contributed by atoms with Gasteiger partial charge in [-0.3, -0.25) is 4.68 Å². The topological polar surface area (TPSA) is 66.0 Å². The summed E-state index contributed by atoms with van der Waals surface area (Å²) in [4.78, 5) is 4.34. The highest BCUT2D eigenvalue weighted by molar-refractivity contribution is 5.31. The first-order valence-corrected chi connectivity index (χ1v) is 5.60. The summed E-state index contributed by atoms with van der Waals surface area (Å²) in [7, 11) is 0. The molecule has 2 aromatic rings. The van der Waals surface area contributed by atoms with Crippen molar-refractivity contribution in [2.24, 2.45) is 5.73 Å². The first-order valence-electron chi connectivity index (χ1n) is 5.60. The van der Waals surface area contributed by atoms with Crippen LogP contribution in [0.1, 0.15) is 18.2 Å². The molecule has 0 spiro atoms. The average molecular weight is 232 g/mol. The third-order valence-electron chi connectivity index (χ3n) is 2.45. The van der Waals surface area contributed by atoms with Gasteiger partial charge in [-0.15, -0.1) is 0 Å². The summed E-state index contributed by atoms with van der Waals surface area (Å²) < 4.78 is 7.49. The number of nitrogens with two attached hydrogens (primary N) is 1. The summed E-state index contributed by atoms with van der Waals surface area (Å²) in [5.74, 6) is 1.24. The molecule has 0 fully saturated rings. The summed E-state index contributed by atoms with van der Waals surface area (Å²) >= 11 is 0. The third kappa shape index (κ3) is 2.62. The van der Waals surface area contributed by atoms with E-state index in [1.807, 2.05) is 32.2 Å². The number of ether oxygens (including phenoxy) is 1. The van der Waals surface area contributed by atoms with Crippen LogP contribution < -0.4 is 10.5 Å². The zero-order chi connectivity index (χ0) is 12.3. The lowest BCUT2D eigenvalue weighted by atomic mass is 10.2. The van der Waals surface area contributed by atoms with Gasteiger partial charge in [0.15, 0.2) is 5.75 Å². The van der Waals surface area contributed by atoms with Crippen LogP contribution in [0.5, 0.6) is 11.6 Å². The van der Waals surface area contributed by atoms with Gasteiger partial charge in [-0.05, 0) is 19.9 Å². The van der Waals surface area contributed by atoms with Crippen LogP contribution >= 0.6 is 0 Å². The minimum Gasteiger partial charge on any atom is -0.435 e. The molecule has 0 saturated carbocycles. The highest BCUT2D eigenvalue weighted by Crippen LogP contribution is 2.22. The number of nitrogens with zero attached hydrogens (tertiary/aromatic N) is 3. The van der Waals surface area contributed by atoms with Gasteiger partial charge in [0.1, 0.15) is 0 Å². The minimum atomic E-state index is 0.407. The second-order valence-electron chi connectivity index (χ2n) is 3.75. The van der Waals surface area contributed by atoms with Gasteiger partial charge in [-0.25, -0.2) is 4.98 Å². The maximum Gasteiger partial charge on any atom is 0.224 e. The normalized spacial score (nSPS) is 10.5. The van der Waals surface area contributed by atoms with E-state index in [0.29, 0.717) is 18.2 Å². The first-order chi connectivity index (χ1) is 8.22. The van der Waals surface area contributed by atoms with Crippen LogP contribution in [0, 0.1) is 6.92 Å². The lowest BCUT2D eigenvalue weighted by Gasteiger charge is -2.07. The molecule has 2 aromatic heterocycles. The maximum absolute atomic E-state index is 5.69. The Hall–Kier alpha value is -1.88. The van der Waals surface area contributed by atoms with Crippen LogP contribution in [-0.4, -0.2) is 14.8 Å². The lowest BCUT2D eigenvalue weighted by molar-refractivity contribution is 0.454. The quantitative estimate of drug-likeness (QED) is 0.873. The van der Waals surface area contributed by atoms with Gasteiger partial charge >= 0.3 is 0 Å². The minimum absolute atomic E-state index is 0.407. The van der Waals surface area contributed by atoms with Crippen molar-refractivity contribution in [2.75, 3.05) is 0 Å². The van der Waals surface area contributed by atoms with Gasteiger partial charge < -0.3 is 10.5 Å². The molecule has 5 nitrogen and oxygen atoms in total. The van der Waals surface area contributed by atoms with Crippen molar-refractivity contribution in [1.82, 2.24) is 14.8 Å². The van der Waals surface area contributed by atoms with Crippen LogP contribution in [0.3, 0.4) is 0 Å². The molecule has 0 amide bonds. The van der Waals surface area contributed by atoms with Crippen LogP contribution in [0.15, 0.2) is 24.5 Å². The summed E-state index contributed by atoms with van der Waals surface area (Å²) in [6.45, 7) is 5.16. The average Bonchev–Trinajstić information content (AvgIpc) is 2.77. The van der Waals surface area contributed by atoms with E-state index < -0.39 is 0 Å². The SMILES string of the molecule is CCn1cc(Oc2nc(C)ccc2CN)cn1. The second-order valence-corrected chi connectivity index (χ2v) is 3.75. The van der Waals surface area contributed by atoms with Gasteiger partial charge in [0.05, 0.1) is 12.4 Å². The van der Waals surface area contributed by atoms with Crippen molar-refractivity contribution in [3.63, 3.8) is 0 Å². The largest absolute Gasteiger partial charge is 0.435 e. The fraction of sp³-hybridized carbons (Fsp3) is 0.333. The van der Waals surface area contributed by atoms with Crippen molar-refractivity contribution in [2.45, 2.75) is 26.9 Å². The van der Waals surface area contributed by atoms with Gasteiger partial charge in [-0.1, -0.05) is 6.07 Å². The zero-order valence-corrected chi connectivity index (χ0v) is 10.1. The molecule has 0 aliphatic heterocycles. The molecular formula is C12H16N4O. The highest BCUT2D eigenvalue weighted by atomic mass is 16.5. The van der Waals surface area contributed by atoms with Crippen LogP contribution in [0.2, 0.25) is 0 Å². The Morgan fingerprint density at radius 3 is 2.88 bits per heavy atom. The third-order valence-corrected chi connectivity index (χ3v) is 2.45. The number of aryl methyl sites for hydroxylation is 2. The summed E-state index contributed by atoms with van der Waals surface area (Å²) in [5.41, 5.74) is 7.44. The Bertz CT molecular complexity index is 507. The molecule has 17 heavy (non-hydrogen) atoms. The molecule has 0 aliphatic rings. The number of pyridine rings is 1. The molecule has 0 atom stereocenters. The highest BCUT2D eigenvalue weighted by Gasteiger charge is 2.07. The van der Waals surface area contributed by atoms with Gasteiger partial charge in [0.2, 0.25) is 5.88 Å². The Morgan fingerprint density at radius 2 is 2.24 bits per heavy atom. The molecule has 0 aliphatic carbocycles. The molecule has 0 bridgehead atoms. The van der Waals surface area contributed by atoms with Gasteiger partial charge in [0.25, 0.3) is 0 Å². The summed E-state index contributed by atoms with van der Waals surface area (Å²) in [6, 6.07) is 3.85. The predicted octanol–water partition coefficient (Wildman–Crippen LogP) is 1.86. The van der Waals surface area contributed by atoms with E-state index in [-0.39, 0.29) is 0 Å². The molecular weight excluding hydrogens is 216 g/mol. The number of hydrogen-bond acceptors (Lipinski definition) is 4. The molecule has 2 N–H and O–H groups in total. The van der Waals surface area contributed by atoms with Crippen LogP contribution in [0.25, 0.3) is 0 Å². The lowest BCUT2D eigenvalue weighted by Crippen LogP contribution is -2.01. The molecule has 5 heteroatoms. The summed E-state index contributed by atoms with van der Waals surface area (Å²) in [5, 5.41) is 4.14. The van der Waals surface area contributed by atoms with E-state index in [4.69, 9.17) is 10.5 Å². The smallest absolute Gasteiger partial charge is 0.224 e. The van der Waals surface area contributed by atoms with Crippen molar-refractivity contribution in [3.8, 4) is 11.6 Å². The second kappa shape index (κ2) is 4.97. The Labute approximate surface area is 100 Å².